The lowest BCUT2D eigenvalue weighted by atomic mass is 10.0. The molecule has 2 atom stereocenters. The minimum Gasteiger partial charge on any atom is -0.378 e. The lowest BCUT2D eigenvalue weighted by Gasteiger charge is -2.35. The van der Waals surface area contributed by atoms with Crippen LogP contribution in [-0.4, -0.2) is 42.6 Å². The molecular weight excluding hydrogens is 276 g/mol. The molecule has 0 bridgehead atoms. The molecule has 1 aliphatic rings. The van der Waals surface area contributed by atoms with Gasteiger partial charge in [0.2, 0.25) is 5.91 Å². The second-order valence-corrected chi connectivity index (χ2v) is 6.03. The molecule has 4 nitrogen and oxygen atoms in total. The first-order valence-corrected chi connectivity index (χ1v) is 7.65. The van der Waals surface area contributed by atoms with Crippen molar-refractivity contribution in [3.05, 3.63) is 0 Å². The predicted octanol–water partition coefficient (Wildman–Crippen LogP) is 2.59. The molecule has 2 unspecified atom stereocenters. The standard InChI is InChI=1S/C15H30N2O2.ClH/c1-12(2)10-13(3)19-9-7-15(18)17-8-5-4-6-14(17)11-16;/h12-14H,4-11,16H2,1-3H3;1H. The Hall–Kier alpha value is -0.320. The van der Waals surface area contributed by atoms with Crippen molar-refractivity contribution in [2.24, 2.45) is 11.7 Å². The van der Waals surface area contributed by atoms with Crippen LogP contribution in [0.1, 0.15) is 52.9 Å². The third kappa shape index (κ3) is 6.91. The maximum absolute atomic E-state index is 12.2. The fourth-order valence-corrected chi connectivity index (χ4v) is 2.80. The van der Waals surface area contributed by atoms with E-state index in [4.69, 9.17) is 10.5 Å². The number of halogens is 1. The molecule has 0 saturated carbocycles. The number of nitrogens with zero attached hydrogens (tertiary/aromatic N) is 1. The summed E-state index contributed by atoms with van der Waals surface area (Å²) in [6.45, 7) is 8.42. The van der Waals surface area contributed by atoms with E-state index in [-0.39, 0.29) is 30.5 Å². The van der Waals surface area contributed by atoms with Crippen LogP contribution >= 0.6 is 12.4 Å². The van der Waals surface area contributed by atoms with Crippen molar-refractivity contribution in [3.63, 3.8) is 0 Å². The van der Waals surface area contributed by atoms with Crippen molar-refractivity contribution < 1.29 is 9.53 Å². The van der Waals surface area contributed by atoms with Crippen molar-refractivity contribution in [1.82, 2.24) is 4.90 Å². The number of ether oxygens (including phenoxy) is 1. The topological polar surface area (TPSA) is 55.6 Å². The number of likely N-dealkylation sites (tertiary alicyclic amines) is 1. The summed E-state index contributed by atoms with van der Waals surface area (Å²) in [6.07, 6.45) is 5.11. The molecule has 120 valence electrons. The fraction of sp³-hybridized carbons (Fsp3) is 0.933. The summed E-state index contributed by atoms with van der Waals surface area (Å²) in [6, 6.07) is 0.245. The van der Waals surface area contributed by atoms with Gasteiger partial charge >= 0.3 is 0 Å². The van der Waals surface area contributed by atoms with Gasteiger partial charge in [-0.25, -0.2) is 0 Å². The van der Waals surface area contributed by atoms with E-state index in [0.29, 0.717) is 25.5 Å². The van der Waals surface area contributed by atoms with Crippen molar-refractivity contribution in [2.75, 3.05) is 19.7 Å². The van der Waals surface area contributed by atoms with Crippen LogP contribution in [0.25, 0.3) is 0 Å². The van der Waals surface area contributed by atoms with Gasteiger partial charge in [0.05, 0.1) is 19.1 Å². The predicted molar refractivity (Wildman–Crippen MR) is 85.1 cm³/mol. The Bertz CT molecular complexity index is 275. The van der Waals surface area contributed by atoms with E-state index in [1.54, 1.807) is 0 Å². The minimum atomic E-state index is 0. The maximum atomic E-state index is 12.2. The molecule has 1 heterocycles. The average Bonchev–Trinajstić information content (AvgIpc) is 2.37. The maximum Gasteiger partial charge on any atom is 0.225 e. The van der Waals surface area contributed by atoms with E-state index in [1.807, 2.05) is 4.90 Å². The molecule has 0 radical (unpaired) electrons. The summed E-state index contributed by atoms with van der Waals surface area (Å²) in [5, 5.41) is 0. The SMILES string of the molecule is CC(C)CC(C)OCCC(=O)N1CCCCC1CN.Cl. The van der Waals surface area contributed by atoms with Gasteiger partial charge in [0, 0.05) is 19.1 Å². The van der Waals surface area contributed by atoms with Gasteiger partial charge < -0.3 is 15.4 Å². The third-order valence-corrected chi connectivity index (χ3v) is 3.74. The Kier molecular flexibility index (Phi) is 10.2. The second kappa shape index (κ2) is 10.4. The lowest BCUT2D eigenvalue weighted by Crippen LogP contribution is -2.47. The van der Waals surface area contributed by atoms with E-state index in [1.165, 1.54) is 6.42 Å². The summed E-state index contributed by atoms with van der Waals surface area (Å²) in [5.41, 5.74) is 5.74. The van der Waals surface area contributed by atoms with E-state index in [2.05, 4.69) is 20.8 Å². The Morgan fingerprint density at radius 2 is 2.05 bits per heavy atom. The number of carbonyl (C=O) groups is 1. The summed E-state index contributed by atoms with van der Waals surface area (Å²) in [4.78, 5) is 14.1. The molecule has 1 rings (SSSR count). The Morgan fingerprint density at radius 3 is 2.65 bits per heavy atom. The highest BCUT2D eigenvalue weighted by atomic mass is 35.5. The zero-order valence-corrected chi connectivity index (χ0v) is 14.0. The molecule has 0 spiro atoms. The number of carbonyl (C=O) groups excluding carboxylic acids is 1. The summed E-state index contributed by atoms with van der Waals surface area (Å²) in [7, 11) is 0. The van der Waals surface area contributed by atoms with Gasteiger partial charge in [0.1, 0.15) is 0 Å². The van der Waals surface area contributed by atoms with Crippen LogP contribution < -0.4 is 5.73 Å². The van der Waals surface area contributed by atoms with Crippen LogP contribution in [-0.2, 0) is 9.53 Å². The van der Waals surface area contributed by atoms with Gasteiger partial charge in [-0.15, -0.1) is 12.4 Å². The smallest absolute Gasteiger partial charge is 0.225 e. The highest BCUT2D eigenvalue weighted by molar-refractivity contribution is 5.85. The third-order valence-electron chi connectivity index (χ3n) is 3.74. The van der Waals surface area contributed by atoms with Gasteiger partial charge in [-0.05, 0) is 38.5 Å². The molecule has 1 aliphatic heterocycles. The van der Waals surface area contributed by atoms with Crippen LogP contribution in [0.5, 0.6) is 0 Å². The van der Waals surface area contributed by atoms with E-state index in [9.17, 15) is 4.79 Å². The quantitative estimate of drug-likeness (QED) is 0.786. The van der Waals surface area contributed by atoms with Crippen molar-refractivity contribution in [2.45, 2.75) is 65.0 Å². The molecular formula is C15H31ClN2O2. The summed E-state index contributed by atoms with van der Waals surface area (Å²) >= 11 is 0. The molecule has 5 heteroatoms. The highest BCUT2D eigenvalue weighted by Gasteiger charge is 2.25. The van der Waals surface area contributed by atoms with Gasteiger partial charge in [-0.1, -0.05) is 13.8 Å². The summed E-state index contributed by atoms with van der Waals surface area (Å²) < 4.78 is 5.70. The molecule has 2 N–H and O–H groups in total. The summed E-state index contributed by atoms with van der Waals surface area (Å²) in [5.74, 6) is 0.835. The van der Waals surface area contributed by atoms with Crippen LogP contribution in [0.2, 0.25) is 0 Å². The fourth-order valence-electron chi connectivity index (χ4n) is 2.80. The number of hydrogen-bond acceptors (Lipinski definition) is 3. The lowest BCUT2D eigenvalue weighted by molar-refractivity contribution is -0.136. The van der Waals surface area contributed by atoms with E-state index >= 15 is 0 Å². The molecule has 0 aromatic carbocycles. The molecule has 1 amide bonds. The first-order valence-electron chi connectivity index (χ1n) is 7.65. The number of nitrogens with two attached hydrogens (primary N) is 1. The van der Waals surface area contributed by atoms with Crippen molar-refractivity contribution in [3.8, 4) is 0 Å². The monoisotopic (exact) mass is 306 g/mol. The first-order chi connectivity index (χ1) is 9.04. The van der Waals surface area contributed by atoms with E-state index in [0.717, 1.165) is 25.8 Å². The van der Waals surface area contributed by atoms with E-state index < -0.39 is 0 Å². The van der Waals surface area contributed by atoms with Crippen molar-refractivity contribution in [1.29, 1.82) is 0 Å². The van der Waals surface area contributed by atoms with Crippen LogP contribution in [0, 0.1) is 5.92 Å². The average molecular weight is 307 g/mol. The zero-order chi connectivity index (χ0) is 14.3. The largest absolute Gasteiger partial charge is 0.378 e. The second-order valence-electron chi connectivity index (χ2n) is 6.03. The van der Waals surface area contributed by atoms with Gasteiger partial charge in [-0.2, -0.15) is 0 Å². The van der Waals surface area contributed by atoms with Crippen LogP contribution in [0.3, 0.4) is 0 Å². The molecule has 0 aliphatic carbocycles. The van der Waals surface area contributed by atoms with Gasteiger partial charge in [0.15, 0.2) is 0 Å². The number of piperidine rings is 1. The Balaban J connectivity index is 0.00000361. The first kappa shape index (κ1) is 19.7. The number of hydrogen-bond donors (Lipinski definition) is 1. The highest BCUT2D eigenvalue weighted by Crippen LogP contribution is 2.17. The number of rotatable bonds is 7. The molecule has 0 aromatic heterocycles. The van der Waals surface area contributed by atoms with Gasteiger partial charge in [0.25, 0.3) is 0 Å². The van der Waals surface area contributed by atoms with Crippen molar-refractivity contribution >= 4 is 18.3 Å². The molecule has 0 aromatic rings. The number of amides is 1. The van der Waals surface area contributed by atoms with Crippen LogP contribution in [0.4, 0.5) is 0 Å². The Morgan fingerprint density at radius 1 is 1.35 bits per heavy atom. The van der Waals surface area contributed by atoms with Crippen LogP contribution in [0.15, 0.2) is 0 Å². The molecule has 1 fully saturated rings. The molecule has 20 heavy (non-hydrogen) atoms. The minimum absolute atomic E-state index is 0. The van der Waals surface area contributed by atoms with Gasteiger partial charge in [-0.3, -0.25) is 4.79 Å². The molecule has 1 saturated heterocycles. The normalized spacial score (nSPS) is 20.6. The Labute approximate surface area is 129 Å². The zero-order valence-electron chi connectivity index (χ0n) is 13.1.